The molecule has 100 valence electrons. The summed E-state index contributed by atoms with van der Waals surface area (Å²) >= 11 is 0. The first-order valence-electron chi connectivity index (χ1n) is 6.68. The van der Waals surface area contributed by atoms with E-state index < -0.39 is 5.79 Å². The standard InChI is InChI=1S/C14H27NO2/c1-12(2)11(13(12,3)4)7-15-10-8-16-14(5,6)17-9-10/h10-11,15H,7-9H2,1-6H3. The van der Waals surface area contributed by atoms with Crippen molar-refractivity contribution in [3.63, 3.8) is 0 Å². The van der Waals surface area contributed by atoms with Crippen molar-refractivity contribution in [3.05, 3.63) is 0 Å². The fraction of sp³-hybridized carbons (Fsp3) is 1.00. The molecule has 0 bridgehead atoms. The molecule has 0 aromatic heterocycles. The molecular weight excluding hydrogens is 214 g/mol. The van der Waals surface area contributed by atoms with E-state index in [0.29, 0.717) is 16.9 Å². The molecule has 2 fully saturated rings. The second-order valence-electron chi connectivity index (χ2n) is 7.12. The average molecular weight is 241 g/mol. The molecule has 0 aromatic rings. The second-order valence-corrected chi connectivity index (χ2v) is 7.12. The smallest absolute Gasteiger partial charge is 0.162 e. The zero-order valence-corrected chi connectivity index (χ0v) is 12.1. The number of rotatable bonds is 3. The lowest BCUT2D eigenvalue weighted by Gasteiger charge is -2.35. The molecule has 2 rings (SSSR count). The molecule has 1 saturated carbocycles. The third-order valence-corrected chi connectivity index (χ3v) is 5.19. The summed E-state index contributed by atoms with van der Waals surface area (Å²) in [4.78, 5) is 0. The molecule has 0 radical (unpaired) electrons. The number of hydrogen-bond acceptors (Lipinski definition) is 3. The molecule has 1 aliphatic carbocycles. The van der Waals surface area contributed by atoms with Crippen molar-refractivity contribution in [3.8, 4) is 0 Å². The van der Waals surface area contributed by atoms with E-state index >= 15 is 0 Å². The zero-order valence-electron chi connectivity index (χ0n) is 12.1. The normalized spacial score (nSPS) is 31.4. The summed E-state index contributed by atoms with van der Waals surface area (Å²) in [6.07, 6.45) is 0. The van der Waals surface area contributed by atoms with E-state index in [9.17, 15) is 0 Å². The third kappa shape index (κ3) is 2.38. The van der Waals surface area contributed by atoms with Crippen LogP contribution in [0.2, 0.25) is 0 Å². The first kappa shape index (κ1) is 13.3. The summed E-state index contributed by atoms with van der Waals surface area (Å²) in [5.41, 5.74) is 0.908. The van der Waals surface area contributed by atoms with Crippen molar-refractivity contribution in [2.45, 2.75) is 53.4 Å². The van der Waals surface area contributed by atoms with E-state index in [4.69, 9.17) is 9.47 Å². The maximum absolute atomic E-state index is 5.65. The summed E-state index contributed by atoms with van der Waals surface area (Å²) < 4.78 is 11.3. The highest BCUT2D eigenvalue weighted by Gasteiger charge is 2.63. The monoisotopic (exact) mass is 241 g/mol. The van der Waals surface area contributed by atoms with Gasteiger partial charge in [0.05, 0.1) is 19.3 Å². The van der Waals surface area contributed by atoms with Gasteiger partial charge in [-0.05, 0) is 37.1 Å². The van der Waals surface area contributed by atoms with Crippen molar-refractivity contribution in [1.82, 2.24) is 5.32 Å². The van der Waals surface area contributed by atoms with Gasteiger partial charge in [-0.25, -0.2) is 0 Å². The Morgan fingerprint density at radius 3 is 1.82 bits per heavy atom. The Labute approximate surface area is 105 Å². The minimum absolute atomic E-state index is 0.343. The molecule has 3 heteroatoms. The lowest BCUT2D eigenvalue weighted by Crippen LogP contribution is -2.49. The Kier molecular flexibility index (Phi) is 3.08. The van der Waals surface area contributed by atoms with Crippen molar-refractivity contribution in [1.29, 1.82) is 0 Å². The van der Waals surface area contributed by atoms with E-state index in [1.807, 2.05) is 13.8 Å². The second kappa shape index (κ2) is 3.94. The van der Waals surface area contributed by atoms with Crippen LogP contribution in [0.3, 0.4) is 0 Å². The van der Waals surface area contributed by atoms with Crippen LogP contribution in [0.1, 0.15) is 41.5 Å². The van der Waals surface area contributed by atoms with Gasteiger partial charge in [0.15, 0.2) is 5.79 Å². The highest BCUT2D eigenvalue weighted by atomic mass is 16.7. The van der Waals surface area contributed by atoms with Gasteiger partial charge in [-0.2, -0.15) is 0 Å². The zero-order chi connectivity index (χ0) is 12.9. The summed E-state index contributed by atoms with van der Waals surface area (Å²) in [5.74, 6) is 0.348. The van der Waals surface area contributed by atoms with Crippen molar-refractivity contribution >= 4 is 0 Å². The minimum Gasteiger partial charge on any atom is -0.349 e. The van der Waals surface area contributed by atoms with Gasteiger partial charge in [-0.1, -0.05) is 27.7 Å². The van der Waals surface area contributed by atoms with Crippen LogP contribution in [0.4, 0.5) is 0 Å². The molecule has 17 heavy (non-hydrogen) atoms. The molecule has 0 spiro atoms. The lowest BCUT2D eigenvalue weighted by atomic mass is 10.0. The van der Waals surface area contributed by atoms with E-state index in [1.165, 1.54) is 0 Å². The predicted molar refractivity (Wildman–Crippen MR) is 68.8 cm³/mol. The van der Waals surface area contributed by atoms with Crippen LogP contribution in [0.5, 0.6) is 0 Å². The largest absolute Gasteiger partial charge is 0.349 e. The SMILES string of the molecule is CC1(C)OCC(NCC2C(C)(C)C2(C)C)CO1. The lowest BCUT2D eigenvalue weighted by molar-refractivity contribution is -0.252. The van der Waals surface area contributed by atoms with Crippen LogP contribution in [-0.2, 0) is 9.47 Å². The first-order chi connectivity index (χ1) is 7.67. The summed E-state index contributed by atoms with van der Waals surface area (Å²) in [5, 5.41) is 3.58. The van der Waals surface area contributed by atoms with E-state index in [-0.39, 0.29) is 0 Å². The molecule has 1 heterocycles. The van der Waals surface area contributed by atoms with Crippen LogP contribution in [0.15, 0.2) is 0 Å². The molecule has 2 aliphatic rings. The quantitative estimate of drug-likeness (QED) is 0.823. The summed E-state index contributed by atoms with van der Waals surface area (Å²) in [6, 6.07) is 0.343. The number of ether oxygens (including phenoxy) is 2. The van der Waals surface area contributed by atoms with Gasteiger partial charge in [-0.3, -0.25) is 0 Å². The van der Waals surface area contributed by atoms with Crippen molar-refractivity contribution < 1.29 is 9.47 Å². The summed E-state index contributed by atoms with van der Waals surface area (Å²) in [7, 11) is 0. The van der Waals surface area contributed by atoms with Gasteiger partial charge in [0.1, 0.15) is 0 Å². The molecule has 1 aliphatic heterocycles. The highest BCUT2D eigenvalue weighted by molar-refractivity contribution is 5.13. The maximum atomic E-state index is 5.65. The van der Waals surface area contributed by atoms with Gasteiger partial charge in [-0.15, -0.1) is 0 Å². The maximum Gasteiger partial charge on any atom is 0.162 e. The van der Waals surface area contributed by atoms with Crippen LogP contribution in [0.25, 0.3) is 0 Å². The molecule has 0 amide bonds. The fourth-order valence-corrected chi connectivity index (χ4v) is 2.94. The van der Waals surface area contributed by atoms with Gasteiger partial charge in [0.25, 0.3) is 0 Å². The van der Waals surface area contributed by atoms with Crippen LogP contribution < -0.4 is 5.32 Å². The highest BCUT2D eigenvalue weighted by Crippen LogP contribution is 2.67. The minimum atomic E-state index is -0.406. The number of nitrogens with one attached hydrogen (secondary N) is 1. The molecular formula is C14H27NO2. The Morgan fingerprint density at radius 2 is 1.41 bits per heavy atom. The topological polar surface area (TPSA) is 30.5 Å². The van der Waals surface area contributed by atoms with Gasteiger partial charge in [0.2, 0.25) is 0 Å². The first-order valence-corrected chi connectivity index (χ1v) is 6.68. The van der Waals surface area contributed by atoms with Crippen molar-refractivity contribution in [2.24, 2.45) is 16.7 Å². The van der Waals surface area contributed by atoms with Crippen LogP contribution in [0, 0.1) is 16.7 Å². The molecule has 3 nitrogen and oxygen atoms in total. The van der Waals surface area contributed by atoms with Crippen LogP contribution >= 0.6 is 0 Å². The molecule has 0 unspecified atom stereocenters. The molecule has 0 aromatic carbocycles. The van der Waals surface area contributed by atoms with E-state index in [2.05, 4.69) is 33.0 Å². The van der Waals surface area contributed by atoms with Crippen LogP contribution in [-0.4, -0.2) is 31.6 Å². The molecule has 1 N–H and O–H groups in total. The van der Waals surface area contributed by atoms with Gasteiger partial charge < -0.3 is 14.8 Å². The van der Waals surface area contributed by atoms with E-state index in [0.717, 1.165) is 25.7 Å². The van der Waals surface area contributed by atoms with Gasteiger partial charge >= 0.3 is 0 Å². The summed E-state index contributed by atoms with van der Waals surface area (Å²) in [6.45, 7) is 15.9. The van der Waals surface area contributed by atoms with Crippen molar-refractivity contribution in [2.75, 3.05) is 19.8 Å². The Hall–Kier alpha value is -0.120. The van der Waals surface area contributed by atoms with E-state index in [1.54, 1.807) is 0 Å². The fourth-order valence-electron chi connectivity index (χ4n) is 2.94. The Morgan fingerprint density at radius 1 is 0.941 bits per heavy atom. The average Bonchev–Trinajstić information content (AvgIpc) is 2.57. The third-order valence-electron chi connectivity index (χ3n) is 5.19. The predicted octanol–water partition coefficient (Wildman–Crippen LogP) is 2.41. The molecule has 0 atom stereocenters. The molecule has 1 saturated heterocycles. The Bertz CT molecular complexity index is 273. The number of hydrogen-bond donors (Lipinski definition) is 1. The Balaban J connectivity index is 1.75. The van der Waals surface area contributed by atoms with Gasteiger partial charge in [0, 0.05) is 0 Å².